The third-order valence-electron chi connectivity index (χ3n) is 2.86. The molecule has 1 heteroatoms. The van der Waals surface area contributed by atoms with Gasteiger partial charge in [-0.15, -0.1) is 0 Å². The van der Waals surface area contributed by atoms with Gasteiger partial charge in [0.15, 0.2) is 0 Å². The van der Waals surface area contributed by atoms with E-state index in [1.54, 1.807) is 0 Å². The van der Waals surface area contributed by atoms with Gasteiger partial charge in [0.05, 0.1) is 5.60 Å². The maximum Gasteiger partial charge on any atom is 0.0668 e. The summed E-state index contributed by atoms with van der Waals surface area (Å²) in [5.41, 5.74) is -0.407. The second kappa shape index (κ2) is 4.76. The Bertz CT molecular complexity index is 95.0. The van der Waals surface area contributed by atoms with Crippen LogP contribution < -0.4 is 0 Å². The lowest BCUT2D eigenvalue weighted by Gasteiger charge is -2.32. The smallest absolute Gasteiger partial charge is 0.0668 e. The monoisotopic (exact) mass is 158 g/mol. The van der Waals surface area contributed by atoms with Gasteiger partial charge in [-0.05, 0) is 25.2 Å². The highest BCUT2D eigenvalue weighted by Crippen LogP contribution is 2.28. The summed E-state index contributed by atoms with van der Waals surface area (Å²) in [7, 11) is 0. The minimum absolute atomic E-state index is 0.407. The van der Waals surface area contributed by atoms with Gasteiger partial charge >= 0.3 is 0 Å². The predicted octanol–water partition coefficient (Wildman–Crippen LogP) is 2.97. The predicted molar refractivity (Wildman–Crippen MR) is 49.6 cm³/mol. The summed E-state index contributed by atoms with van der Waals surface area (Å²) in [6.45, 7) is 8.45. The van der Waals surface area contributed by atoms with Crippen LogP contribution in [-0.2, 0) is 0 Å². The highest BCUT2D eigenvalue weighted by atomic mass is 16.3. The molecule has 0 radical (unpaired) electrons. The van der Waals surface area contributed by atoms with Gasteiger partial charge in [0.2, 0.25) is 0 Å². The van der Waals surface area contributed by atoms with Gasteiger partial charge in [-0.25, -0.2) is 0 Å². The zero-order valence-electron chi connectivity index (χ0n) is 8.35. The zero-order chi connectivity index (χ0) is 8.91. The van der Waals surface area contributed by atoms with Crippen LogP contribution in [0.3, 0.4) is 0 Å². The quantitative estimate of drug-likeness (QED) is 0.652. The van der Waals surface area contributed by atoms with Crippen molar-refractivity contribution in [2.75, 3.05) is 0 Å². The largest absolute Gasteiger partial charge is 0.390 e. The molecule has 0 fully saturated rings. The molecule has 1 N–H and O–H groups in total. The van der Waals surface area contributed by atoms with Gasteiger partial charge in [-0.1, -0.05) is 34.1 Å². The topological polar surface area (TPSA) is 20.2 Å². The summed E-state index contributed by atoms with van der Waals surface area (Å²) >= 11 is 0. The summed E-state index contributed by atoms with van der Waals surface area (Å²) in [4.78, 5) is 0. The zero-order valence-corrected chi connectivity index (χ0v) is 8.35. The Morgan fingerprint density at radius 2 is 1.64 bits per heavy atom. The average Bonchev–Trinajstić information content (AvgIpc) is 2.03. The van der Waals surface area contributed by atoms with Crippen LogP contribution in [0.15, 0.2) is 0 Å². The third-order valence-corrected chi connectivity index (χ3v) is 2.86. The maximum absolute atomic E-state index is 10.0. The SMILES string of the molecule is CCC[C@H](C)C(O)(CC)CC. The third kappa shape index (κ3) is 2.82. The van der Waals surface area contributed by atoms with E-state index in [0.717, 1.165) is 19.3 Å². The Balaban J connectivity index is 4.00. The van der Waals surface area contributed by atoms with Crippen molar-refractivity contribution in [1.29, 1.82) is 0 Å². The summed E-state index contributed by atoms with van der Waals surface area (Å²) < 4.78 is 0. The van der Waals surface area contributed by atoms with Crippen molar-refractivity contribution in [2.24, 2.45) is 5.92 Å². The van der Waals surface area contributed by atoms with Crippen LogP contribution in [0.25, 0.3) is 0 Å². The number of rotatable bonds is 5. The number of hydrogen-bond donors (Lipinski definition) is 1. The lowest BCUT2D eigenvalue weighted by molar-refractivity contribution is -0.0222. The summed E-state index contributed by atoms with van der Waals surface area (Å²) in [6, 6.07) is 0. The van der Waals surface area contributed by atoms with Crippen molar-refractivity contribution in [3.63, 3.8) is 0 Å². The van der Waals surface area contributed by atoms with E-state index in [4.69, 9.17) is 0 Å². The first-order valence-electron chi connectivity index (χ1n) is 4.83. The van der Waals surface area contributed by atoms with E-state index >= 15 is 0 Å². The summed E-state index contributed by atoms with van der Waals surface area (Å²) in [5, 5.41) is 10.0. The van der Waals surface area contributed by atoms with Gasteiger partial charge < -0.3 is 5.11 Å². The second-order valence-electron chi connectivity index (χ2n) is 3.50. The Morgan fingerprint density at radius 3 is 1.91 bits per heavy atom. The normalized spacial score (nSPS) is 15.0. The molecule has 0 bridgehead atoms. The van der Waals surface area contributed by atoms with Crippen LogP contribution in [0.2, 0.25) is 0 Å². The molecule has 0 heterocycles. The van der Waals surface area contributed by atoms with Crippen molar-refractivity contribution in [3.05, 3.63) is 0 Å². The Morgan fingerprint density at radius 1 is 1.18 bits per heavy atom. The lowest BCUT2D eigenvalue weighted by Crippen LogP contribution is -2.34. The van der Waals surface area contributed by atoms with Crippen molar-refractivity contribution in [2.45, 2.75) is 59.0 Å². The first-order chi connectivity index (χ1) is 5.10. The van der Waals surface area contributed by atoms with Crippen LogP contribution in [0.4, 0.5) is 0 Å². The molecule has 0 saturated heterocycles. The Labute approximate surface area is 70.8 Å². The van der Waals surface area contributed by atoms with Crippen LogP contribution >= 0.6 is 0 Å². The van der Waals surface area contributed by atoms with E-state index in [1.807, 2.05) is 0 Å². The van der Waals surface area contributed by atoms with Crippen LogP contribution in [0.5, 0.6) is 0 Å². The summed E-state index contributed by atoms with van der Waals surface area (Å²) in [5.74, 6) is 0.447. The van der Waals surface area contributed by atoms with Gasteiger partial charge in [0.25, 0.3) is 0 Å². The molecule has 68 valence electrons. The molecule has 11 heavy (non-hydrogen) atoms. The molecule has 0 aromatic carbocycles. The van der Waals surface area contributed by atoms with Gasteiger partial charge in [-0.2, -0.15) is 0 Å². The van der Waals surface area contributed by atoms with E-state index in [-0.39, 0.29) is 0 Å². The first kappa shape index (κ1) is 11.0. The van der Waals surface area contributed by atoms with Gasteiger partial charge in [0, 0.05) is 0 Å². The fourth-order valence-corrected chi connectivity index (χ4v) is 1.65. The first-order valence-corrected chi connectivity index (χ1v) is 4.83. The maximum atomic E-state index is 10.0. The molecule has 0 aromatic rings. The van der Waals surface area contributed by atoms with Crippen LogP contribution in [-0.4, -0.2) is 10.7 Å². The molecule has 0 aliphatic carbocycles. The summed E-state index contributed by atoms with van der Waals surface area (Å²) in [6.07, 6.45) is 4.07. The fourth-order valence-electron chi connectivity index (χ4n) is 1.65. The molecular formula is C10H22O. The second-order valence-corrected chi connectivity index (χ2v) is 3.50. The molecule has 0 aliphatic heterocycles. The van der Waals surface area contributed by atoms with Gasteiger partial charge in [-0.3, -0.25) is 0 Å². The molecule has 0 saturated carbocycles. The molecule has 0 amide bonds. The molecule has 1 atom stereocenters. The van der Waals surface area contributed by atoms with E-state index in [2.05, 4.69) is 27.7 Å². The highest BCUT2D eigenvalue weighted by Gasteiger charge is 2.28. The molecule has 0 aromatic heterocycles. The van der Waals surface area contributed by atoms with E-state index in [1.165, 1.54) is 6.42 Å². The van der Waals surface area contributed by atoms with E-state index in [9.17, 15) is 5.11 Å². The highest BCUT2D eigenvalue weighted by molar-refractivity contribution is 4.80. The molecule has 0 rings (SSSR count). The van der Waals surface area contributed by atoms with Crippen LogP contribution in [0.1, 0.15) is 53.4 Å². The lowest BCUT2D eigenvalue weighted by atomic mass is 9.81. The van der Waals surface area contributed by atoms with E-state index in [0.29, 0.717) is 5.92 Å². The van der Waals surface area contributed by atoms with Gasteiger partial charge in [0.1, 0.15) is 0 Å². The molecular weight excluding hydrogens is 136 g/mol. The molecule has 0 spiro atoms. The van der Waals surface area contributed by atoms with E-state index < -0.39 is 5.60 Å². The standard InChI is InChI=1S/C10H22O/c1-5-8-9(4)10(11,6-2)7-3/h9,11H,5-8H2,1-4H3/t9-/m0/s1. The van der Waals surface area contributed by atoms with Crippen molar-refractivity contribution in [1.82, 2.24) is 0 Å². The van der Waals surface area contributed by atoms with Crippen molar-refractivity contribution < 1.29 is 5.11 Å². The molecule has 1 nitrogen and oxygen atoms in total. The molecule has 0 aliphatic rings. The van der Waals surface area contributed by atoms with Crippen molar-refractivity contribution in [3.8, 4) is 0 Å². The van der Waals surface area contributed by atoms with Crippen LogP contribution in [0, 0.1) is 5.92 Å². The number of aliphatic hydroxyl groups is 1. The Hall–Kier alpha value is -0.0400. The van der Waals surface area contributed by atoms with Crippen molar-refractivity contribution >= 4 is 0 Å². The fraction of sp³-hybridized carbons (Fsp3) is 1.00. The average molecular weight is 158 g/mol. The number of hydrogen-bond acceptors (Lipinski definition) is 1. The molecule has 0 unspecified atom stereocenters. The minimum atomic E-state index is -0.407. The minimum Gasteiger partial charge on any atom is -0.390 e. The Kier molecular flexibility index (Phi) is 4.74.